The van der Waals surface area contributed by atoms with Crippen LogP contribution in [0.3, 0.4) is 0 Å². The monoisotopic (exact) mass is 526 g/mol. The fourth-order valence-electron chi connectivity index (χ4n) is 5.53. The molecule has 2 saturated heterocycles. The van der Waals surface area contributed by atoms with Gasteiger partial charge in [-0.3, -0.25) is 4.79 Å². The molecule has 2 N–H and O–H groups in total. The zero-order valence-corrected chi connectivity index (χ0v) is 21.8. The van der Waals surface area contributed by atoms with Crippen molar-refractivity contribution in [1.29, 1.82) is 0 Å². The van der Waals surface area contributed by atoms with Crippen LogP contribution in [0.25, 0.3) is 11.0 Å². The van der Waals surface area contributed by atoms with E-state index in [0.717, 1.165) is 64.1 Å². The number of allylic oxidation sites excluding steroid dienone is 1. The Morgan fingerprint density at radius 1 is 1.11 bits per heavy atom. The normalized spacial score (nSPS) is 19.4. The van der Waals surface area contributed by atoms with E-state index in [2.05, 4.69) is 32.0 Å². The van der Waals surface area contributed by atoms with Crippen LogP contribution in [0.5, 0.6) is 0 Å². The maximum absolute atomic E-state index is 12.4. The Morgan fingerprint density at radius 3 is 2.64 bits per heavy atom. The number of aliphatic hydroxyl groups excluding tert-OH is 1. The maximum Gasteiger partial charge on any atom is 0.187 e. The number of ketones is 1. The number of benzene rings is 1. The van der Waals surface area contributed by atoms with E-state index < -0.39 is 0 Å². The minimum Gasteiger partial charge on any atom is -0.392 e. The van der Waals surface area contributed by atoms with Gasteiger partial charge in [-0.15, -0.1) is 0 Å². The van der Waals surface area contributed by atoms with Gasteiger partial charge in [0.05, 0.1) is 16.1 Å². The lowest BCUT2D eigenvalue weighted by molar-refractivity contribution is 0.0319. The molecular formula is C28H32Cl2N4O2. The molecule has 4 heterocycles. The van der Waals surface area contributed by atoms with Gasteiger partial charge in [0.25, 0.3) is 0 Å². The summed E-state index contributed by atoms with van der Waals surface area (Å²) in [5.41, 5.74) is 2.86. The highest BCUT2D eigenvalue weighted by atomic mass is 35.5. The number of carbonyl (C=O) groups excluding carboxylic acids is 1. The van der Waals surface area contributed by atoms with Crippen molar-refractivity contribution in [3.63, 3.8) is 0 Å². The van der Waals surface area contributed by atoms with Crippen molar-refractivity contribution in [3.8, 4) is 0 Å². The summed E-state index contributed by atoms with van der Waals surface area (Å²) in [6.07, 6.45) is 11.1. The first-order valence-electron chi connectivity index (χ1n) is 12.7. The van der Waals surface area contributed by atoms with Gasteiger partial charge in [0, 0.05) is 55.3 Å². The van der Waals surface area contributed by atoms with Crippen molar-refractivity contribution < 1.29 is 9.90 Å². The van der Waals surface area contributed by atoms with Crippen molar-refractivity contribution >= 4 is 40.0 Å². The van der Waals surface area contributed by atoms with E-state index >= 15 is 0 Å². The topological polar surface area (TPSA) is 72.5 Å². The molecule has 2 aromatic heterocycles. The Bertz CT molecular complexity index is 1230. The number of aliphatic hydroxyl groups is 1. The Balaban J connectivity index is 1.06. The number of halogens is 2. The molecule has 8 heteroatoms. The van der Waals surface area contributed by atoms with Gasteiger partial charge in [-0.1, -0.05) is 23.2 Å². The molecule has 1 aromatic carbocycles. The number of likely N-dealkylation sites (tertiary alicyclic amines) is 2. The summed E-state index contributed by atoms with van der Waals surface area (Å²) in [6.45, 7) is 4.42. The number of piperidine rings is 2. The number of rotatable bonds is 7. The first-order chi connectivity index (χ1) is 17.5. The van der Waals surface area contributed by atoms with E-state index in [-0.39, 0.29) is 17.8 Å². The second-order valence-electron chi connectivity index (χ2n) is 9.97. The third-order valence-electron chi connectivity index (χ3n) is 7.71. The molecule has 0 saturated carbocycles. The zero-order chi connectivity index (χ0) is 25.1. The van der Waals surface area contributed by atoms with E-state index in [9.17, 15) is 9.90 Å². The highest BCUT2D eigenvalue weighted by molar-refractivity contribution is 6.42. The largest absolute Gasteiger partial charge is 0.392 e. The SMILES string of the molecule is O=C(C=CN1CCC(C(O)CN2CCC(c3c[nH]c4ncccc34)CC2)CC1)c1ccc(Cl)c(Cl)c1. The Morgan fingerprint density at radius 2 is 1.89 bits per heavy atom. The Hall–Kier alpha value is -2.38. The number of H-pyrrole nitrogens is 1. The van der Waals surface area contributed by atoms with Crippen LogP contribution in [0, 0.1) is 5.92 Å². The lowest BCUT2D eigenvalue weighted by Crippen LogP contribution is -2.43. The molecule has 0 bridgehead atoms. The van der Waals surface area contributed by atoms with Crippen molar-refractivity contribution in [2.75, 3.05) is 32.7 Å². The molecule has 2 fully saturated rings. The summed E-state index contributed by atoms with van der Waals surface area (Å²) < 4.78 is 0. The number of aromatic nitrogens is 2. The number of β-amino-alcohol motifs (C(OH)–C–C–N with tert-alkyl or cyclic N) is 1. The smallest absolute Gasteiger partial charge is 0.187 e. The number of pyridine rings is 1. The van der Waals surface area contributed by atoms with E-state index in [4.69, 9.17) is 23.2 Å². The molecule has 1 unspecified atom stereocenters. The van der Waals surface area contributed by atoms with Crippen LogP contribution >= 0.6 is 23.2 Å². The lowest BCUT2D eigenvalue weighted by atomic mass is 9.88. The van der Waals surface area contributed by atoms with E-state index in [1.807, 2.05) is 18.5 Å². The summed E-state index contributed by atoms with van der Waals surface area (Å²) in [5, 5.41) is 13.0. The van der Waals surface area contributed by atoms with Gasteiger partial charge in [0.15, 0.2) is 5.78 Å². The van der Waals surface area contributed by atoms with Crippen LogP contribution in [0.1, 0.15) is 47.5 Å². The van der Waals surface area contributed by atoms with Crippen LogP contribution in [-0.2, 0) is 0 Å². The van der Waals surface area contributed by atoms with Crippen molar-refractivity contribution in [3.05, 3.63) is 76.2 Å². The standard InChI is InChI=1S/C28H32Cl2N4O2/c29-24-4-3-21(16-25(24)30)26(35)9-15-33-11-7-20(8-12-33)27(36)18-34-13-5-19(6-14-34)23-17-32-28-22(23)2-1-10-31-28/h1-4,9-10,15-17,19-20,27,36H,5-8,11-14,18H2,(H,31,32). The number of aromatic amines is 1. The van der Waals surface area contributed by atoms with E-state index in [0.29, 0.717) is 21.5 Å². The fourth-order valence-corrected chi connectivity index (χ4v) is 5.83. The molecule has 2 aliphatic heterocycles. The van der Waals surface area contributed by atoms with Gasteiger partial charge < -0.3 is 19.9 Å². The minimum atomic E-state index is -0.317. The molecule has 0 radical (unpaired) electrons. The van der Waals surface area contributed by atoms with Crippen LogP contribution in [0.2, 0.25) is 10.0 Å². The van der Waals surface area contributed by atoms with Crippen molar-refractivity contribution in [1.82, 2.24) is 19.8 Å². The van der Waals surface area contributed by atoms with Crippen molar-refractivity contribution in [2.45, 2.75) is 37.7 Å². The van der Waals surface area contributed by atoms with Gasteiger partial charge in [-0.2, -0.15) is 0 Å². The predicted molar refractivity (Wildman–Crippen MR) is 145 cm³/mol. The first-order valence-corrected chi connectivity index (χ1v) is 13.5. The van der Waals surface area contributed by atoms with E-state index in [1.54, 1.807) is 24.3 Å². The van der Waals surface area contributed by atoms with Gasteiger partial charge in [-0.25, -0.2) is 4.98 Å². The molecule has 6 nitrogen and oxygen atoms in total. The maximum atomic E-state index is 12.4. The Labute approximate surface area is 221 Å². The molecular weight excluding hydrogens is 495 g/mol. The average molecular weight is 527 g/mol. The summed E-state index contributed by atoms with van der Waals surface area (Å²) in [6, 6.07) is 9.07. The van der Waals surface area contributed by atoms with E-state index in [1.165, 1.54) is 10.9 Å². The van der Waals surface area contributed by atoms with Gasteiger partial charge >= 0.3 is 0 Å². The van der Waals surface area contributed by atoms with Crippen LogP contribution in [-0.4, -0.2) is 69.5 Å². The summed E-state index contributed by atoms with van der Waals surface area (Å²) in [5.74, 6) is 0.735. The average Bonchev–Trinajstić information content (AvgIpc) is 3.34. The predicted octanol–water partition coefficient (Wildman–Crippen LogP) is 5.52. The lowest BCUT2D eigenvalue weighted by Gasteiger charge is -2.37. The number of nitrogens with zero attached hydrogens (tertiary/aromatic N) is 3. The number of nitrogens with one attached hydrogen (secondary N) is 1. The van der Waals surface area contributed by atoms with Crippen LogP contribution < -0.4 is 0 Å². The molecule has 0 spiro atoms. The fraction of sp³-hybridized carbons (Fsp3) is 0.429. The molecule has 1 atom stereocenters. The van der Waals surface area contributed by atoms with Crippen molar-refractivity contribution in [2.24, 2.45) is 5.92 Å². The van der Waals surface area contributed by atoms with Crippen LogP contribution in [0.15, 0.2) is 55.0 Å². The molecule has 0 amide bonds. The molecule has 36 heavy (non-hydrogen) atoms. The number of fused-ring (bicyclic) bond motifs is 1. The summed E-state index contributed by atoms with van der Waals surface area (Å²) in [4.78, 5) is 24.7. The first kappa shape index (κ1) is 25.3. The van der Waals surface area contributed by atoms with Gasteiger partial charge in [0.2, 0.25) is 0 Å². The minimum absolute atomic E-state index is 0.0944. The molecule has 190 valence electrons. The number of carbonyl (C=O) groups is 1. The zero-order valence-electron chi connectivity index (χ0n) is 20.2. The van der Waals surface area contributed by atoms with Gasteiger partial charge in [0.1, 0.15) is 5.65 Å². The molecule has 3 aromatic rings. The molecule has 5 rings (SSSR count). The number of hydrogen-bond acceptors (Lipinski definition) is 5. The quantitative estimate of drug-likeness (QED) is 0.313. The highest BCUT2D eigenvalue weighted by Gasteiger charge is 2.28. The van der Waals surface area contributed by atoms with Gasteiger partial charge in [-0.05, 0) is 86.5 Å². The summed E-state index contributed by atoms with van der Waals surface area (Å²) in [7, 11) is 0. The Kier molecular flexibility index (Phi) is 7.96. The number of hydrogen-bond donors (Lipinski definition) is 2. The molecule has 0 aliphatic carbocycles. The third kappa shape index (κ3) is 5.78. The highest BCUT2D eigenvalue weighted by Crippen LogP contribution is 2.33. The second kappa shape index (κ2) is 11.3. The third-order valence-corrected chi connectivity index (χ3v) is 8.45. The molecule has 2 aliphatic rings. The van der Waals surface area contributed by atoms with Crippen LogP contribution in [0.4, 0.5) is 0 Å². The summed E-state index contributed by atoms with van der Waals surface area (Å²) >= 11 is 12.0. The second-order valence-corrected chi connectivity index (χ2v) is 10.8.